The summed E-state index contributed by atoms with van der Waals surface area (Å²) < 4.78 is 39.8. The first-order valence-electron chi connectivity index (χ1n) is 7.11. The number of halogens is 4. The molecule has 0 radical (unpaired) electrons. The zero-order valence-electron chi connectivity index (χ0n) is 13.0. The largest absolute Gasteiger partial charge is 0.573 e. The molecule has 1 amide bonds. The van der Waals surface area contributed by atoms with E-state index >= 15 is 0 Å². The summed E-state index contributed by atoms with van der Waals surface area (Å²) in [6.45, 7) is 4.24. The Balaban J connectivity index is 0.00000484. The van der Waals surface area contributed by atoms with Crippen molar-refractivity contribution in [2.24, 2.45) is 11.7 Å². The van der Waals surface area contributed by atoms with Crippen LogP contribution in [-0.2, 0) is 11.2 Å². The van der Waals surface area contributed by atoms with Gasteiger partial charge in [0.05, 0.1) is 6.04 Å². The molecule has 0 aromatic heterocycles. The molecular weight excluding hydrogens is 333 g/mol. The van der Waals surface area contributed by atoms with Crippen molar-refractivity contribution in [2.75, 3.05) is 6.54 Å². The molecule has 2 unspecified atom stereocenters. The third-order valence-corrected chi connectivity index (χ3v) is 3.43. The van der Waals surface area contributed by atoms with Gasteiger partial charge in [0.15, 0.2) is 0 Å². The summed E-state index contributed by atoms with van der Waals surface area (Å²) >= 11 is 0. The van der Waals surface area contributed by atoms with Crippen molar-refractivity contribution in [2.45, 2.75) is 39.1 Å². The number of alkyl halides is 3. The molecule has 4 nitrogen and oxygen atoms in total. The molecule has 0 saturated carbocycles. The van der Waals surface area contributed by atoms with Gasteiger partial charge in [0.2, 0.25) is 5.91 Å². The standard InChI is InChI=1S/C15H21F3N2O2.ClH/c1-3-10(2)13(19)14(21)20-9-8-11-4-6-12(7-5-11)22-15(16,17)18;/h4-7,10,13H,3,8-9,19H2,1-2H3,(H,20,21);1H. The Bertz CT molecular complexity index is 481. The first-order chi connectivity index (χ1) is 10.2. The number of carbonyl (C=O) groups excluding carboxylic acids is 1. The van der Waals surface area contributed by atoms with E-state index in [2.05, 4.69) is 10.1 Å². The van der Waals surface area contributed by atoms with Crippen molar-refractivity contribution in [3.8, 4) is 5.75 Å². The fourth-order valence-electron chi connectivity index (χ4n) is 1.82. The Labute approximate surface area is 140 Å². The zero-order valence-corrected chi connectivity index (χ0v) is 13.8. The molecule has 0 spiro atoms. The van der Waals surface area contributed by atoms with E-state index in [0.29, 0.717) is 13.0 Å². The second-order valence-electron chi connectivity index (χ2n) is 5.14. The topological polar surface area (TPSA) is 64.4 Å². The number of nitrogens with one attached hydrogen (secondary N) is 1. The van der Waals surface area contributed by atoms with Crippen LogP contribution in [0.3, 0.4) is 0 Å². The highest BCUT2D eigenvalue weighted by molar-refractivity contribution is 5.85. The fraction of sp³-hybridized carbons (Fsp3) is 0.533. The third kappa shape index (κ3) is 8.08. The van der Waals surface area contributed by atoms with E-state index in [1.54, 1.807) is 0 Å². The summed E-state index contributed by atoms with van der Waals surface area (Å²) in [6, 6.07) is 5.00. The average molecular weight is 355 g/mol. The van der Waals surface area contributed by atoms with Crippen molar-refractivity contribution in [3.63, 3.8) is 0 Å². The van der Waals surface area contributed by atoms with Crippen LogP contribution in [0.4, 0.5) is 13.2 Å². The van der Waals surface area contributed by atoms with Crippen LogP contribution < -0.4 is 15.8 Å². The molecule has 0 saturated heterocycles. The number of ether oxygens (including phenoxy) is 1. The molecule has 0 heterocycles. The highest BCUT2D eigenvalue weighted by Gasteiger charge is 2.30. The Kier molecular flexibility index (Phi) is 9.01. The Hall–Kier alpha value is -1.47. The van der Waals surface area contributed by atoms with Gasteiger partial charge in [0, 0.05) is 6.54 Å². The third-order valence-electron chi connectivity index (χ3n) is 3.43. The smallest absolute Gasteiger partial charge is 0.406 e. The van der Waals surface area contributed by atoms with Crippen LogP contribution >= 0.6 is 12.4 Å². The minimum Gasteiger partial charge on any atom is -0.406 e. The van der Waals surface area contributed by atoms with Crippen LogP contribution in [0.5, 0.6) is 5.75 Å². The lowest BCUT2D eigenvalue weighted by atomic mass is 9.99. The molecule has 8 heteroatoms. The summed E-state index contributed by atoms with van der Waals surface area (Å²) in [7, 11) is 0. The van der Waals surface area contributed by atoms with Crippen molar-refractivity contribution >= 4 is 18.3 Å². The number of rotatable bonds is 7. The molecule has 0 fully saturated rings. The minimum atomic E-state index is -4.69. The van der Waals surface area contributed by atoms with Gasteiger partial charge in [-0.25, -0.2) is 0 Å². The summed E-state index contributed by atoms with van der Waals surface area (Å²) in [6.07, 6.45) is -3.37. The maximum Gasteiger partial charge on any atom is 0.573 e. The van der Waals surface area contributed by atoms with Gasteiger partial charge in [0.1, 0.15) is 5.75 Å². The van der Waals surface area contributed by atoms with Crippen LogP contribution in [0.25, 0.3) is 0 Å². The quantitative estimate of drug-likeness (QED) is 0.791. The SMILES string of the molecule is CCC(C)C(N)C(=O)NCCc1ccc(OC(F)(F)F)cc1.Cl. The van der Waals surface area contributed by atoms with E-state index in [1.807, 2.05) is 13.8 Å². The molecule has 0 aliphatic rings. The van der Waals surface area contributed by atoms with Crippen molar-refractivity contribution < 1.29 is 22.7 Å². The molecule has 1 aromatic carbocycles. The lowest BCUT2D eigenvalue weighted by molar-refractivity contribution is -0.274. The Morgan fingerprint density at radius 3 is 2.35 bits per heavy atom. The molecule has 1 rings (SSSR count). The van der Waals surface area contributed by atoms with E-state index in [-0.39, 0.29) is 30.0 Å². The van der Waals surface area contributed by atoms with Crippen LogP contribution in [0.2, 0.25) is 0 Å². The molecule has 132 valence electrons. The van der Waals surface area contributed by atoms with E-state index in [1.165, 1.54) is 24.3 Å². The fourth-order valence-corrected chi connectivity index (χ4v) is 1.82. The van der Waals surface area contributed by atoms with Gasteiger partial charge in [0.25, 0.3) is 0 Å². The molecule has 2 atom stereocenters. The predicted molar refractivity (Wildman–Crippen MR) is 84.5 cm³/mol. The van der Waals surface area contributed by atoms with Gasteiger partial charge in [-0.2, -0.15) is 0 Å². The van der Waals surface area contributed by atoms with E-state index < -0.39 is 12.4 Å². The van der Waals surface area contributed by atoms with Crippen molar-refractivity contribution in [1.29, 1.82) is 0 Å². The molecule has 0 bridgehead atoms. The number of nitrogens with two attached hydrogens (primary N) is 1. The zero-order chi connectivity index (χ0) is 16.8. The molecule has 0 aliphatic carbocycles. The number of hydrogen-bond donors (Lipinski definition) is 2. The molecule has 23 heavy (non-hydrogen) atoms. The van der Waals surface area contributed by atoms with Gasteiger partial charge in [-0.3, -0.25) is 4.79 Å². The summed E-state index contributed by atoms with van der Waals surface area (Å²) in [5, 5.41) is 2.72. The van der Waals surface area contributed by atoms with E-state index in [4.69, 9.17) is 5.73 Å². The lowest BCUT2D eigenvalue weighted by Gasteiger charge is -2.17. The summed E-state index contributed by atoms with van der Waals surface area (Å²) in [5.74, 6) is -0.385. The van der Waals surface area contributed by atoms with Crippen LogP contribution in [-0.4, -0.2) is 24.9 Å². The maximum absolute atomic E-state index is 12.0. The van der Waals surface area contributed by atoms with Gasteiger partial charge in [-0.1, -0.05) is 32.4 Å². The van der Waals surface area contributed by atoms with Crippen LogP contribution in [0.1, 0.15) is 25.8 Å². The maximum atomic E-state index is 12.0. The molecular formula is C15H22ClF3N2O2. The first kappa shape index (κ1) is 21.5. The highest BCUT2D eigenvalue weighted by atomic mass is 35.5. The number of benzene rings is 1. The van der Waals surface area contributed by atoms with Crippen LogP contribution in [0.15, 0.2) is 24.3 Å². The number of hydrogen-bond acceptors (Lipinski definition) is 3. The van der Waals surface area contributed by atoms with Gasteiger partial charge in [-0.15, -0.1) is 25.6 Å². The summed E-state index contributed by atoms with van der Waals surface area (Å²) in [4.78, 5) is 11.8. The van der Waals surface area contributed by atoms with Crippen LogP contribution in [0, 0.1) is 5.92 Å². The first-order valence-corrected chi connectivity index (χ1v) is 7.11. The molecule has 0 aliphatic heterocycles. The highest BCUT2D eigenvalue weighted by Crippen LogP contribution is 2.22. The molecule has 3 N–H and O–H groups in total. The van der Waals surface area contributed by atoms with Crippen molar-refractivity contribution in [3.05, 3.63) is 29.8 Å². The monoisotopic (exact) mass is 354 g/mol. The van der Waals surface area contributed by atoms with E-state index in [9.17, 15) is 18.0 Å². The van der Waals surface area contributed by atoms with Gasteiger partial charge >= 0.3 is 6.36 Å². The van der Waals surface area contributed by atoms with Gasteiger partial charge < -0.3 is 15.8 Å². The van der Waals surface area contributed by atoms with E-state index in [0.717, 1.165) is 12.0 Å². The normalized spacial score (nSPS) is 13.7. The number of amides is 1. The minimum absolute atomic E-state index is 0. The molecule has 1 aromatic rings. The Morgan fingerprint density at radius 1 is 1.30 bits per heavy atom. The van der Waals surface area contributed by atoms with Crippen molar-refractivity contribution in [1.82, 2.24) is 5.32 Å². The lowest BCUT2D eigenvalue weighted by Crippen LogP contribution is -2.45. The summed E-state index contributed by atoms with van der Waals surface area (Å²) in [5.41, 5.74) is 6.59. The predicted octanol–water partition coefficient (Wildman–Crippen LogP) is 3.04. The number of carbonyl (C=O) groups is 1. The van der Waals surface area contributed by atoms with Gasteiger partial charge in [-0.05, 0) is 30.0 Å². The Morgan fingerprint density at radius 2 is 1.87 bits per heavy atom. The second kappa shape index (κ2) is 9.62. The second-order valence-corrected chi connectivity index (χ2v) is 5.14. The average Bonchev–Trinajstić information content (AvgIpc) is 2.45.